The van der Waals surface area contributed by atoms with Crippen LogP contribution in [0.2, 0.25) is 0 Å². The Hall–Kier alpha value is -2.12. The Morgan fingerprint density at radius 2 is 1.68 bits per heavy atom. The molecule has 2 fully saturated rings. The lowest BCUT2D eigenvalue weighted by Gasteiger charge is -2.38. The number of cyclic esters (lactones) is 2. The zero-order chi connectivity index (χ0) is 14.4. The van der Waals surface area contributed by atoms with Crippen molar-refractivity contribution in [3.63, 3.8) is 0 Å². The van der Waals surface area contributed by atoms with E-state index in [9.17, 15) is 19.2 Å². The number of amides is 1. The lowest BCUT2D eigenvalue weighted by molar-refractivity contribution is -0.238. The Morgan fingerprint density at radius 3 is 2.11 bits per heavy atom. The summed E-state index contributed by atoms with van der Waals surface area (Å²) in [7, 11) is 0. The van der Waals surface area contributed by atoms with Gasteiger partial charge in [0.05, 0.1) is 5.92 Å². The fraction of sp³-hybridized carbons (Fsp3) is 0.636. The molecule has 8 nitrogen and oxygen atoms in total. The molecule has 2 saturated heterocycles. The summed E-state index contributed by atoms with van der Waals surface area (Å²) in [5.41, 5.74) is 0. The van der Waals surface area contributed by atoms with Gasteiger partial charge in [0.1, 0.15) is 0 Å². The number of ether oxygens (including phenoxy) is 2. The molecule has 0 spiro atoms. The molecule has 1 N–H and O–H groups in total. The second-order valence-corrected chi connectivity index (χ2v) is 4.96. The first kappa shape index (κ1) is 13.3. The highest BCUT2D eigenvalue weighted by atomic mass is 16.7. The van der Waals surface area contributed by atoms with Crippen LogP contribution in [0, 0.1) is 11.8 Å². The number of nitrogens with zero attached hydrogens (tertiary/aromatic N) is 1. The highest BCUT2D eigenvalue weighted by Gasteiger charge is 2.51. The van der Waals surface area contributed by atoms with E-state index in [4.69, 9.17) is 14.6 Å². The van der Waals surface area contributed by atoms with Crippen LogP contribution < -0.4 is 0 Å². The molecule has 104 valence electrons. The minimum absolute atomic E-state index is 0.0192. The molecule has 1 amide bonds. The van der Waals surface area contributed by atoms with E-state index in [0.717, 1.165) is 4.90 Å². The van der Waals surface area contributed by atoms with Gasteiger partial charge in [-0.2, -0.15) is 0 Å². The second kappa shape index (κ2) is 4.22. The van der Waals surface area contributed by atoms with Crippen molar-refractivity contribution >= 4 is 23.8 Å². The summed E-state index contributed by atoms with van der Waals surface area (Å²) in [6.45, 7) is 2.74. The molecule has 0 unspecified atom stereocenters. The quantitative estimate of drug-likeness (QED) is 0.538. The van der Waals surface area contributed by atoms with Crippen LogP contribution in [0.25, 0.3) is 0 Å². The van der Waals surface area contributed by atoms with Crippen LogP contribution in [0.15, 0.2) is 0 Å². The highest BCUT2D eigenvalue weighted by Crippen LogP contribution is 2.28. The van der Waals surface area contributed by atoms with E-state index < -0.39 is 41.4 Å². The molecule has 0 radical (unpaired) electrons. The first-order valence-corrected chi connectivity index (χ1v) is 5.68. The molecule has 0 atom stereocenters. The van der Waals surface area contributed by atoms with Gasteiger partial charge in [-0.25, -0.2) is 4.79 Å². The van der Waals surface area contributed by atoms with Gasteiger partial charge in [0.2, 0.25) is 5.92 Å². The van der Waals surface area contributed by atoms with E-state index in [2.05, 4.69) is 0 Å². The van der Waals surface area contributed by atoms with E-state index in [-0.39, 0.29) is 13.1 Å². The van der Waals surface area contributed by atoms with Gasteiger partial charge in [0.15, 0.2) is 5.78 Å². The third-order valence-corrected chi connectivity index (χ3v) is 3.00. The summed E-state index contributed by atoms with van der Waals surface area (Å²) < 4.78 is 9.68. The molecule has 0 bridgehead atoms. The van der Waals surface area contributed by atoms with Gasteiger partial charge < -0.3 is 19.5 Å². The lowest BCUT2D eigenvalue weighted by atomic mass is 9.87. The van der Waals surface area contributed by atoms with E-state index in [1.807, 2.05) is 0 Å². The van der Waals surface area contributed by atoms with Crippen LogP contribution in [0.5, 0.6) is 0 Å². The van der Waals surface area contributed by atoms with E-state index in [1.54, 1.807) is 0 Å². The monoisotopic (exact) mass is 271 g/mol. The normalized spacial score (nSPS) is 23.4. The Balaban J connectivity index is 2.03. The molecule has 19 heavy (non-hydrogen) atoms. The van der Waals surface area contributed by atoms with Crippen LogP contribution in [0.4, 0.5) is 4.79 Å². The standard InChI is InChI=1S/C11H13NO7/c1-11(2)18-8(14)6(9(15)19-11)7(13)5-3-12(4-5)10(16)17/h5-6H,3-4H2,1-2H3,(H,16,17). The maximum atomic E-state index is 12.0. The number of esters is 2. The lowest BCUT2D eigenvalue weighted by Crippen LogP contribution is -2.58. The van der Waals surface area contributed by atoms with Crippen molar-refractivity contribution in [2.75, 3.05) is 13.1 Å². The fourth-order valence-corrected chi connectivity index (χ4v) is 2.00. The minimum Gasteiger partial charge on any atom is -0.465 e. The van der Waals surface area contributed by atoms with Gasteiger partial charge in [0.25, 0.3) is 5.79 Å². The Morgan fingerprint density at radius 1 is 1.21 bits per heavy atom. The van der Waals surface area contributed by atoms with Gasteiger partial charge in [-0.1, -0.05) is 0 Å². The van der Waals surface area contributed by atoms with Crippen molar-refractivity contribution in [1.29, 1.82) is 0 Å². The molecule has 0 saturated carbocycles. The third kappa shape index (κ3) is 2.38. The molecule has 2 aliphatic rings. The summed E-state index contributed by atoms with van der Waals surface area (Å²) in [4.78, 5) is 46.8. The van der Waals surface area contributed by atoms with Crippen LogP contribution in [-0.4, -0.2) is 52.7 Å². The van der Waals surface area contributed by atoms with Gasteiger partial charge in [0, 0.05) is 26.9 Å². The molecular formula is C11H13NO7. The number of Topliss-reactive ketones (excluding diaryl/α,β-unsaturated/α-hetero) is 1. The van der Waals surface area contributed by atoms with Crippen molar-refractivity contribution < 1.29 is 33.8 Å². The van der Waals surface area contributed by atoms with E-state index in [0.29, 0.717) is 0 Å². The number of carbonyl (C=O) groups excluding carboxylic acids is 3. The van der Waals surface area contributed by atoms with Crippen molar-refractivity contribution in [3.05, 3.63) is 0 Å². The summed E-state index contributed by atoms with van der Waals surface area (Å²) >= 11 is 0. The molecule has 8 heteroatoms. The van der Waals surface area contributed by atoms with E-state index in [1.165, 1.54) is 13.8 Å². The average molecular weight is 271 g/mol. The molecule has 0 aromatic heterocycles. The topological polar surface area (TPSA) is 110 Å². The van der Waals surface area contributed by atoms with Crippen molar-refractivity contribution in [2.45, 2.75) is 19.6 Å². The Bertz CT molecular complexity index is 444. The van der Waals surface area contributed by atoms with Gasteiger partial charge in [-0.05, 0) is 0 Å². The predicted molar refractivity (Wildman–Crippen MR) is 57.8 cm³/mol. The highest BCUT2D eigenvalue weighted by molar-refractivity contribution is 6.16. The zero-order valence-electron chi connectivity index (χ0n) is 10.4. The largest absolute Gasteiger partial charge is 0.465 e. The van der Waals surface area contributed by atoms with Crippen LogP contribution in [-0.2, 0) is 23.9 Å². The number of rotatable bonds is 2. The number of carbonyl (C=O) groups is 4. The zero-order valence-corrected chi connectivity index (χ0v) is 10.4. The van der Waals surface area contributed by atoms with Gasteiger partial charge >= 0.3 is 18.0 Å². The summed E-state index contributed by atoms with van der Waals surface area (Å²) in [5, 5.41) is 8.65. The Labute approximate surface area is 108 Å². The third-order valence-electron chi connectivity index (χ3n) is 3.00. The molecule has 0 aromatic rings. The predicted octanol–water partition coefficient (Wildman–Crippen LogP) is -0.382. The average Bonchev–Trinajstić information content (AvgIpc) is 2.09. The summed E-state index contributed by atoms with van der Waals surface area (Å²) in [5.74, 6) is -6.18. The number of ketones is 1. The molecular weight excluding hydrogens is 258 g/mol. The van der Waals surface area contributed by atoms with Crippen molar-refractivity contribution in [2.24, 2.45) is 11.8 Å². The fourth-order valence-electron chi connectivity index (χ4n) is 2.00. The SMILES string of the molecule is CC1(C)OC(=O)C(C(=O)C2CN(C(=O)O)C2)C(=O)O1. The molecule has 0 aliphatic carbocycles. The molecule has 2 rings (SSSR count). The van der Waals surface area contributed by atoms with Gasteiger partial charge in [-0.15, -0.1) is 0 Å². The van der Waals surface area contributed by atoms with Crippen molar-refractivity contribution in [1.82, 2.24) is 4.90 Å². The summed E-state index contributed by atoms with van der Waals surface area (Å²) in [6.07, 6.45) is -1.14. The van der Waals surface area contributed by atoms with Crippen LogP contribution >= 0.6 is 0 Å². The first-order chi connectivity index (χ1) is 8.71. The molecule has 2 aliphatic heterocycles. The number of hydrogen-bond donors (Lipinski definition) is 1. The van der Waals surface area contributed by atoms with Crippen LogP contribution in [0.3, 0.4) is 0 Å². The second-order valence-electron chi connectivity index (χ2n) is 4.96. The summed E-state index contributed by atoms with van der Waals surface area (Å²) in [6, 6.07) is 0. The van der Waals surface area contributed by atoms with Crippen LogP contribution in [0.1, 0.15) is 13.8 Å². The number of likely N-dealkylation sites (tertiary alicyclic amines) is 1. The molecule has 0 aromatic carbocycles. The number of carboxylic acid groups (broad SMARTS) is 1. The minimum atomic E-state index is -1.60. The van der Waals surface area contributed by atoms with Crippen molar-refractivity contribution in [3.8, 4) is 0 Å². The smallest absolute Gasteiger partial charge is 0.407 e. The Kier molecular flexibility index (Phi) is 2.95. The maximum absolute atomic E-state index is 12.0. The maximum Gasteiger partial charge on any atom is 0.407 e. The van der Waals surface area contributed by atoms with E-state index >= 15 is 0 Å². The molecule has 2 heterocycles. The number of hydrogen-bond acceptors (Lipinski definition) is 6. The first-order valence-electron chi connectivity index (χ1n) is 5.68. The van der Waals surface area contributed by atoms with Gasteiger partial charge in [-0.3, -0.25) is 14.4 Å².